The molecule has 1 N–H and O–H groups in total. The van der Waals surface area contributed by atoms with Gasteiger partial charge in [0.05, 0.1) is 0 Å². The van der Waals surface area contributed by atoms with Crippen LogP contribution in [0.15, 0.2) is 0 Å². The summed E-state index contributed by atoms with van der Waals surface area (Å²) in [6.45, 7) is 0. The van der Waals surface area contributed by atoms with Gasteiger partial charge in [-0.2, -0.15) is 0 Å². The highest BCUT2D eigenvalue weighted by Gasteiger charge is 2.38. The Morgan fingerprint density at radius 1 is 1.58 bits per heavy atom. The van der Waals surface area contributed by atoms with Crippen molar-refractivity contribution in [3.05, 3.63) is 0 Å². The summed E-state index contributed by atoms with van der Waals surface area (Å²) >= 11 is 0. The molecule has 4 heteroatoms. The number of carboxylic acids is 1. The zero-order chi connectivity index (χ0) is 9.19. The normalized spacial score (nSPS) is 27.3. The Morgan fingerprint density at radius 2 is 2.25 bits per heavy atom. The third-order valence-electron chi connectivity index (χ3n) is 2.27. The lowest BCUT2D eigenvalue weighted by atomic mass is 10.0. The molecule has 1 saturated carbocycles. The fourth-order valence-electron chi connectivity index (χ4n) is 1.62. The predicted molar refractivity (Wildman–Crippen MR) is 39.2 cm³/mol. The van der Waals surface area contributed by atoms with E-state index in [1.54, 1.807) is 0 Å². The summed E-state index contributed by atoms with van der Waals surface area (Å²) in [4.78, 5) is 10.1. The van der Waals surface area contributed by atoms with E-state index in [0.29, 0.717) is 12.8 Å². The molecule has 1 atom stereocenters. The molecule has 0 spiro atoms. The van der Waals surface area contributed by atoms with E-state index in [1.807, 2.05) is 0 Å². The molecule has 1 fully saturated rings. The van der Waals surface area contributed by atoms with E-state index >= 15 is 0 Å². The first-order chi connectivity index (χ1) is 5.49. The van der Waals surface area contributed by atoms with Gasteiger partial charge in [-0.05, 0) is 18.8 Å². The lowest BCUT2D eigenvalue weighted by molar-refractivity contribution is -0.137. The molecular weight excluding hydrogens is 166 g/mol. The number of carbonyl (C=O) groups is 1. The minimum atomic E-state index is -2.54. The molecule has 0 bridgehead atoms. The van der Waals surface area contributed by atoms with Crippen LogP contribution < -0.4 is 0 Å². The first-order valence-corrected chi connectivity index (χ1v) is 4.09. The van der Waals surface area contributed by atoms with Gasteiger partial charge < -0.3 is 5.11 Å². The van der Waals surface area contributed by atoms with Crippen molar-refractivity contribution in [2.24, 2.45) is 5.92 Å². The van der Waals surface area contributed by atoms with Crippen LogP contribution in [0.1, 0.15) is 32.1 Å². The number of halogens is 2. The molecule has 0 aliphatic heterocycles. The van der Waals surface area contributed by atoms with Gasteiger partial charge in [-0.1, -0.05) is 0 Å². The van der Waals surface area contributed by atoms with Crippen LogP contribution in [0.2, 0.25) is 0 Å². The second kappa shape index (κ2) is 3.37. The number of rotatable bonds is 3. The van der Waals surface area contributed by atoms with E-state index in [2.05, 4.69) is 0 Å². The maximum Gasteiger partial charge on any atom is 0.303 e. The fourth-order valence-corrected chi connectivity index (χ4v) is 1.62. The lowest BCUT2D eigenvalue weighted by Crippen LogP contribution is -2.10. The van der Waals surface area contributed by atoms with E-state index in [9.17, 15) is 13.6 Å². The average molecular weight is 178 g/mol. The molecule has 1 rings (SSSR count). The highest BCUT2D eigenvalue weighted by atomic mass is 19.3. The third kappa shape index (κ3) is 2.75. The zero-order valence-electron chi connectivity index (χ0n) is 6.72. The van der Waals surface area contributed by atoms with Crippen LogP contribution in [-0.4, -0.2) is 17.0 Å². The number of hydrogen-bond acceptors (Lipinski definition) is 1. The Bertz CT molecular complexity index is 180. The number of carboxylic acid groups (broad SMARTS) is 1. The van der Waals surface area contributed by atoms with Crippen molar-refractivity contribution in [1.82, 2.24) is 0 Å². The van der Waals surface area contributed by atoms with Crippen LogP contribution in [0.3, 0.4) is 0 Å². The van der Waals surface area contributed by atoms with Crippen molar-refractivity contribution in [3.8, 4) is 0 Å². The number of hydrogen-bond donors (Lipinski definition) is 1. The molecule has 0 aromatic rings. The van der Waals surface area contributed by atoms with Gasteiger partial charge in [0.2, 0.25) is 5.92 Å². The molecule has 0 unspecified atom stereocenters. The van der Waals surface area contributed by atoms with Crippen LogP contribution in [0.5, 0.6) is 0 Å². The third-order valence-corrected chi connectivity index (χ3v) is 2.27. The largest absolute Gasteiger partial charge is 0.481 e. The van der Waals surface area contributed by atoms with Crippen molar-refractivity contribution >= 4 is 5.97 Å². The molecule has 1 aliphatic carbocycles. The van der Waals surface area contributed by atoms with Crippen molar-refractivity contribution in [1.29, 1.82) is 0 Å². The standard InChI is InChI=1S/C8H12F2O2/c9-8(10)4-3-6(5-8)1-2-7(11)12/h6H,1-5H2,(H,11,12)/t6-/m0/s1. The first kappa shape index (κ1) is 9.42. The summed E-state index contributed by atoms with van der Waals surface area (Å²) in [5, 5.41) is 8.32. The van der Waals surface area contributed by atoms with Gasteiger partial charge in [-0.15, -0.1) is 0 Å². The molecule has 0 saturated heterocycles. The molecule has 0 radical (unpaired) electrons. The Labute approximate surface area is 69.6 Å². The second-order valence-corrected chi connectivity index (χ2v) is 3.40. The summed E-state index contributed by atoms with van der Waals surface area (Å²) in [6.07, 6.45) is 0.684. The van der Waals surface area contributed by atoms with E-state index in [1.165, 1.54) is 0 Å². The molecule has 2 nitrogen and oxygen atoms in total. The maximum atomic E-state index is 12.6. The number of aliphatic carboxylic acids is 1. The van der Waals surface area contributed by atoms with Crippen LogP contribution in [0.25, 0.3) is 0 Å². The summed E-state index contributed by atoms with van der Waals surface area (Å²) in [5.41, 5.74) is 0. The van der Waals surface area contributed by atoms with Crippen LogP contribution in [0.4, 0.5) is 8.78 Å². The Hall–Kier alpha value is -0.670. The fraction of sp³-hybridized carbons (Fsp3) is 0.875. The topological polar surface area (TPSA) is 37.3 Å². The quantitative estimate of drug-likeness (QED) is 0.719. The summed E-state index contributed by atoms with van der Waals surface area (Å²) in [6, 6.07) is 0. The zero-order valence-corrected chi connectivity index (χ0v) is 6.72. The minimum absolute atomic E-state index is 0.0146. The second-order valence-electron chi connectivity index (χ2n) is 3.40. The molecule has 0 heterocycles. The lowest BCUT2D eigenvalue weighted by Gasteiger charge is -2.08. The number of alkyl halides is 2. The predicted octanol–water partition coefficient (Wildman–Crippen LogP) is 2.29. The van der Waals surface area contributed by atoms with Gasteiger partial charge >= 0.3 is 5.97 Å². The summed E-state index contributed by atoms with van der Waals surface area (Å²) < 4.78 is 25.1. The monoisotopic (exact) mass is 178 g/mol. The highest BCUT2D eigenvalue weighted by Crippen LogP contribution is 2.40. The van der Waals surface area contributed by atoms with Crippen molar-refractivity contribution in [2.75, 3.05) is 0 Å². The minimum Gasteiger partial charge on any atom is -0.481 e. The highest BCUT2D eigenvalue weighted by molar-refractivity contribution is 5.66. The van der Waals surface area contributed by atoms with Gasteiger partial charge in [0.25, 0.3) is 0 Å². The van der Waals surface area contributed by atoms with Gasteiger partial charge in [-0.3, -0.25) is 4.79 Å². The maximum absolute atomic E-state index is 12.6. The van der Waals surface area contributed by atoms with Gasteiger partial charge in [0.15, 0.2) is 0 Å². The molecule has 12 heavy (non-hydrogen) atoms. The van der Waals surface area contributed by atoms with Crippen molar-refractivity contribution in [2.45, 2.75) is 38.0 Å². The SMILES string of the molecule is O=C(O)CC[C@H]1CCC(F)(F)C1. The van der Waals surface area contributed by atoms with Crippen molar-refractivity contribution < 1.29 is 18.7 Å². The van der Waals surface area contributed by atoms with Crippen molar-refractivity contribution in [3.63, 3.8) is 0 Å². The molecule has 0 aromatic heterocycles. The average Bonchev–Trinajstić information content (AvgIpc) is 2.26. The Morgan fingerprint density at radius 3 is 2.67 bits per heavy atom. The van der Waals surface area contributed by atoms with Gasteiger partial charge in [0, 0.05) is 19.3 Å². The molecule has 0 aromatic carbocycles. The molecule has 70 valence electrons. The Kier molecular flexibility index (Phi) is 2.65. The van der Waals surface area contributed by atoms with Gasteiger partial charge in [-0.25, -0.2) is 8.78 Å². The first-order valence-electron chi connectivity index (χ1n) is 4.09. The van der Waals surface area contributed by atoms with E-state index in [0.717, 1.165) is 0 Å². The molecule has 1 aliphatic rings. The Balaban J connectivity index is 2.24. The van der Waals surface area contributed by atoms with E-state index in [4.69, 9.17) is 5.11 Å². The van der Waals surface area contributed by atoms with Crippen LogP contribution in [-0.2, 0) is 4.79 Å². The van der Waals surface area contributed by atoms with E-state index in [-0.39, 0.29) is 25.2 Å². The van der Waals surface area contributed by atoms with E-state index < -0.39 is 11.9 Å². The molecular formula is C8H12F2O2. The van der Waals surface area contributed by atoms with Crippen LogP contribution in [0, 0.1) is 5.92 Å². The van der Waals surface area contributed by atoms with Gasteiger partial charge in [0.1, 0.15) is 0 Å². The molecule has 0 amide bonds. The summed E-state index contributed by atoms with van der Waals surface area (Å²) in [7, 11) is 0. The smallest absolute Gasteiger partial charge is 0.303 e. The summed E-state index contributed by atoms with van der Waals surface area (Å²) in [5.74, 6) is -3.52. The van der Waals surface area contributed by atoms with Crippen LogP contribution >= 0.6 is 0 Å².